The van der Waals surface area contributed by atoms with Gasteiger partial charge in [-0.2, -0.15) is 5.26 Å². The zero-order valence-electron chi connectivity index (χ0n) is 15.5. The average molecular weight is 363 g/mol. The van der Waals surface area contributed by atoms with Crippen molar-refractivity contribution in [1.82, 2.24) is 0 Å². The lowest BCUT2D eigenvalue weighted by atomic mass is 10.1. The van der Waals surface area contributed by atoms with E-state index in [-0.39, 0.29) is 16.8 Å². The van der Waals surface area contributed by atoms with Gasteiger partial charge in [0.15, 0.2) is 0 Å². The summed E-state index contributed by atoms with van der Waals surface area (Å²) >= 11 is 0. The summed E-state index contributed by atoms with van der Waals surface area (Å²) in [6, 6.07) is 16.2. The SMILES string of the molecule is CCN(/C=C(/C#N)C(=O)Nc1ccccc1C(=O)OC)c1cccc(C)c1. The van der Waals surface area contributed by atoms with Gasteiger partial charge >= 0.3 is 5.97 Å². The van der Waals surface area contributed by atoms with Gasteiger partial charge in [-0.1, -0.05) is 24.3 Å². The van der Waals surface area contributed by atoms with Gasteiger partial charge in [0.2, 0.25) is 0 Å². The number of nitrogens with one attached hydrogen (secondary N) is 1. The number of nitriles is 1. The molecule has 0 bridgehead atoms. The molecule has 2 aromatic rings. The normalized spacial score (nSPS) is 10.7. The van der Waals surface area contributed by atoms with Gasteiger partial charge in [0.25, 0.3) is 5.91 Å². The molecule has 0 aliphatic rings. The maximum absolute atomic E-state index is 12.6. The Morgan fingerprint density at radius 3 is 2.59 bits per heavy atom. The summed E-state index contributed by atoms with van der Waals surface area (Å²) < 4.78 is 4.72. The van der Waals surface area contributed by atoms with Gasteiger partial charge in [-0.15, -0.1) is 0 Å². The van der Waals surface area contributed by atoms with Gasteiger partial charge in [0.05, 0.1) is 18.4 Å². The lowest BCUT2D eigenvalue weighted by Gasteiger charge is -2.19. The van der Waals surface area contributed by atoms with E-state index >= 15 is 0 Å². The topological polar surface area (TPSA) is 82.4 Å². The summed E-state index contributed by atoms with van der Waals surface area (Å²) in [5.41, 5.74) is 2.39. The summed E-state index contributed by atoms with van der Waals surface area (Å²) in [5.74, 6) is -1.16. The van der Waals surface area contributed by atoms with Crippen LogP contribution in [0.25, 0.3) is 0 Å². The molecule has 0 atom stereocenters. The molecule has 2 aromatic carbocycles. The number of rotatable bonds is 6. The van der Waals surface area contributed by atoms with Crippen molar-refractivity contribution in [2.75, 3.05) is 23.9 Å². The second-order valence-corrected chi connectivity index (χ2v) is 5.77. The van der Waals surface area contributed by atoms with Crippen molar-refractivity contribution in [2.45, 2.75) is 13.8 Å². The second-order valence-electron chi connectivity index (χ2n) is 5.77. The molecule has 0 aromatic heterocycles. The number of esters is 1. The zero-order chi connectivity index (χ0) is 19.8. The number of carbonyl (C=O) groups excluding carboxylic acids is 2. The van der Waals surface area contributed by atoms with Gasteiger partial charge in [0, 0.05) is 18.4 Å². The molecule has 0 saturated heterocycles. The largest absolute Gasteiger partial charge is 0.465 e. The van der Waals surface area contributed by atoms with Crippen LogP contribution in [0.1, 0.15) is 22.8 Å². The number of methoxy groups -OCH3 is 1. The Morgan fingerprint density at radius 1 is 1.22 bits per heavy atom. The number of benzene rings is 2. The third kappa shape index (κ3) is 4.95. The summed E-state index contributed by atoms with van der Waals surface area (Å²) in [6.07, 6.45) is 1.50. The molecule has 1 amide bonds. The summed E-state index contributed by atoms with van der Waals surface area (Å²) in [4.78, 5) is 26.2. The monoisotopic (exact) mass is 363 g/mol. The first-order valence-electron chi connectivity index (χ1n) is 8.44. The lowest BCUT2D eigenvalue weighted by molar-refractivity contribution is -0.112. The van der Waals surface area contributed by atoms with Crippen molar-refractivity contribution in [3.8, 4) is 6.07 Å². The zero-order valence-corrected chi connectivity index (χ0v) is 15.5. The average Bonchev–Trinajstić information content (AvgIpc) is 2.68. The maximum Gasteiger partial charge on any atom is 0.339 e. The second kappa shape index (κ2) is 9.20. The van der Waals surface area contributed by atoms with Crippen LogP contribution in [-0.4, -0.2) is 25.5 Å². The molecule has 0 aliphatic heterocycles. The van der Waals surface area contributed by atoms with E-state index in [1.807, 2.05) is 49.1 Å². The molecule has 1 N–H and O–H groups in total. The molecule has 0 spiro atoms. The minimum Gasteiger partial charge on any atom is -0.465 e. The molecule has 0 heterocycles. The fourth-order valence-electron chi connectivity index (χ4n) is 2.52. The van der Waals surface area contributed by atoms with Crippen molar-refractivity contribution >= 4 is 23.3 Å². The van der Waals surface area contributed by atoms with E-state index in [0.29, 0.717) is 6.54 Å². The van der Waals surface area contributed by atoms with Gasteiger partial charge < -0.3 is 15.0 Å². The Hall–Kier alpha value is -3.59. The fraction of sp³-hybridized carbons (Fsp3) is 0.190. The molecule has 6 heteroatoms. The molecule has 0 saturated carbocycles. The predicted octanol–water partition coefficient (Wildman–Crippen LogP) is 3.65. The minimum absolute atomic E-state index is 0.0713. The third-order valence-electron chi connectivity index (χ3n) is 3.90. The minimum atomic E-state index is -0.597. The quantitative estimate of drug-likeness (QED) is 0.481. The van der Waals surface area contributed by atoms with Gasteiger partial charge in [-0.3, -0.25) is 4.79 Å². The van der Waals surface area contributed by atoms with Crippen LogP contribution in [-0.2, 0) is 9.53 Å². The number of hydrogen-bond donors (Lipinski definition) is 1. The number of anilines is 2. The molecule has 0 fully saturated rings. The predicted molar refractivity (Wildman–Crippen MR) is 104 cm³/mol. The molecule has 0 aliphatic carbocycles. The Morgan fingerprint density at radius 2 is 1.96 bits per heavy atom. The van der Waals surface area contributed by atoms with E-state index in [2.05, 4.69) is 5.32 Å². The van der Waals surface area contributed by atoms with E-state index in [9.17, 15) is 14.9 Å². The first kappa shape index (κ1) is 19.7. The summed E-state index contributed by atoms with van der Waals surface area (Å²) in [5, 5.41) is 12.1. The number of amides is 1. The number of hydrogen-bond acceptors (Lipinski definition) is 5. The van der Waals surface area contributed by atoms with Crippen molar-refractivity contribution in [3.05, 3.63) is 71.4 Å². The standard InChI is InChI=1S/C21H21N3O3/c1-4-24(17-9-7-8-15(2)12-17)14-16(13-22)20(25)23-19-11-6-5-10-18(19)21(26)27-3/h5-12,14H,4H2,1-3H3,(H,23,25)/b16-14-. The fourth-order valence-corrected chi connectivity index (χ4v) is 2.52. The smallest absolute Gasteiger partial charge is 0.339 e. The Labute approximate surface area is 158 Å². The lowest BCUT2D eigenvalue weighted by Crippen LogP contribution is -2.21. The molecule has 27 heavy (non-hydrogen) atoms. The van der Waals surface area contributed by atoms with Crippen LogP contribution < -0.4 is 10.2 Å². The van der Waals surface area contributed by atoms with Crippen molar-refractivity contribution in [3.63, 3.8) is 0 Å². The van der Waals surface area contributed by atoms with Crippen LogP contribution in [0.3, 0.4) is 0 Å². The highest BCUT2D eigenvalue weighted by Crippen LogP contribution is 2.19. The van der Waals surface area contributed by atoms with Crippen LogP contribution in [0.5, 0.6) is 0 Å². The molecule has 138 valence electrons. The van der Waals surface area contributed by atoms with Crippen molar-refractivity contribution < 1.29 is 14.3 Å². The van der Waals surface area contributed by atoms with Crippen molar-refractivity contribution in [2.24, 2.45) is 0 Å². The first-order valence-corrected chi connectivity index (χ1v) is 8.44. The van der Waals surface area contributed by atoms with Gasteiger partial charge in [-0.25, -0.2) is 4.79 Å². The van der Waals surface area contributed by atoms with E-state index < -0.39 is 11.9 Å². The number of ether oxygens (including phenoxy) is 1. The highest BCUT2D eigenvalue weighted by molar-refractivity contribution is 6.09. The van der Waals surface area contributed by atoms with Crippen LogP contribution in [0.2, 0.25) is 0 Å². The number of aryl methyl sites for hydroxylation is 1. The highest BCUT2D eigenvalue weighted by atomic mass is 16.5. The van der Waals surface area contributed by atoms with Crippen LogP contribution in [0.4, 0.5) is 11.4 Å². The Balaban J connectivity index is 2.29. The summed E-state index contributed by atoms with van der Waals surface area (Å²) in [6.45, 7) is 4.49. The Bertz CT molecular complexity index is 913. The molecular weight excluding hydrogens is 342 g/mol. The van der Waals surface area contributed by atoms with E-state index in [1.54, 1.807) is 24.3 Å². The molecule has 0 unspecified atom stereocenters. The van der Waals surface area contributed by atoms with Gasteiger partial charge in [0.1, 0.15) is 11.6 Å². The van der Waals surface area contributed by atoms with Crippen LogP contribution >= 0.6 is 0 Å². The van der Waals surface area contributed by atoms with E-state index in [1.165, 1.54) is 13.3 Å². The van der Waals surface area contributed by atoms with Crippen LogP contribution in [0, 0.1) is 18.3 Å². The van der Waals surface area contributed by atoms with Crippen molar-refractivity contribution in [1.29, 1.82) is 5.26 Å². The Kier molecular flexibility index (Phi) is 6.73. The molecule has 6 nitrogen and oxygen atoms in total. The number of nitrogens with zero attached hydrogens (tertiary/aromatic N) is 2. The third-order valence-corrected chi connectivity index (χ3v) is 3.90. The van der Waals surface area contributed by atoms with E-state index in [4.69, 9.17) is 4.74 Å². The first-order chi connectivity index (χ1) is 13.0. The highest BCUT2D eigenvalue weighted by Gasteiger charge is 2.16. The molecule has 2 rings (SSSR count). The number of para-hydroxylation sites is 1. The number of carbonyl (C=O) groups is 2. The molecule has 0 radical (unpaired) electrons. The van der Waals surface area contributed by atoms with Crippen LogP contribution in [0.15, 0.2) is 60.3 Å². The summed E-state index contributed by atoms with van der Waals surface area (Å²) in [7, 11) is 1.27. The maximum atomic E-state index is 12.6. The van der Waals surface area contributed by atoms with Gasteiger partial charge in [-0.05, 0) is 43.7 Å². The van der Waals surface area contributed by atoms with E-state index in [0.717, 1.165) is 11.3 Å². The molecular formula is C21H21N3O3.